The van der Waals surface area contributed by atoms with Gasteiger partial charge in [0.2, 0.25) is 0 Å². The van der Waals surface area contributed by atoms with Crippen molar-refractivity contribution < 1.29 is 5.11 Å². The highest BCUT2D eigenvalue weighted by Gasteiger charge is 2.08. The summed E-state index contributed by atoms with van der Waals surface area (Å²) < 4.78 is 0. The van der Waals surface area contributed by atoms with Crippen LogP contribution >= 0.6 is 0 Å². The molecule has 11 heavy (non-hydrogen) atoms. The molecule has 1 aliphatic carbocycles. The maximum Gasteiger partial charge on any atom is 0.0459 e. The van der Waals surface area contributed by atoms with E-state index in [1.54, 1.807) is 0 Å². The molecular weight excluding hydrogens is 138 g/mol. The normalized spacial score (nSPS) is 21.5. The SMILES string of the molecule is N.OCC1CCCCCCC1. The minimum atomic E-state index is 0. The Hall–Kier alpha value is -0.0800. The molecule has 0 unspecified atom stereocenters. The smallest absolute Gasteiger partial charge is 0.0459 e. The van der Waals surface area contributed by atoms with Crippen molar-refractivity contribution in [2.75, 3.05) is 6.61 Å². The molecule has 0 aliphatic heterocycles. The van der Waals surface area contributed by atoms with Crippen molar-refractivity contribution in [1.82, 2.24) is 6.15 Å². The lowest BCUT2D eigenvalue weighted by atomic mass is 9.92. The van der Waals surface area contributed by atoms with Crippen LogP contribution in [0, 0.1) is 5.92 Å². The van der Waals surface area contributed by atoms with Crippen LogP contribution in [0.3, 0.4) is 0 Å². The van der Waals surface area contributed by atoms with Crippen LogP contribution in [-0.4, -0.2) is 11.7 Å². The van der Waals surface area contributed by atoms with Crippen LogP contribution < -0.4 is 6.15 Å². The summed E-state index contributed by atoms with van der Waals surface area (Å²) in [5.74, 6) is 0.625. The fraction of sp³-hybridized carbons (Fsp3) is 1.00. The summed E-state index contributed by atoms with van der Waals surface area (Å²) in [4.78, 5) is 0. The van der Waals surface area contributed by atoms with Crippen LogP contribution in [0.4, 0.5) is 0 Å². The van der Waals surface area contributed by atoms with Gasteiger partial charge in [0.15, 0.2) is 0 Å². The quantitative estimate of drug-likeness (QED) is 0.617. The van der Waals surface area contributed by atoms with Crippen molar-refractivity contribution in [3.05, 3.63) is 0 Å². The van der Waals surface area contributed by atoms with Crippen LogP contribution in [0.25, 0.3) is 0 Å². The summed E-state index contributed by atoms with van der Waals surface area (Å²) >= 11 is 0. The van der Waals surface area contributed by atoms with Crippen molar-refractivity contribution >= 4 is 0 Å². The Morgan fingerprint density at radius 1 is 0.909 bits per heavy atom. The van der Waals surface area contributed by atoms with Crippen LogP contribution in [0.1, 0.15) is 44.9 Å². The molecule has 0 aromatic carbocycles. The van der Waals surface area contributed by atoms with Gasteiger partial charge in [0.1, 0.15) is 0 Å². The molecule has 68 valence electrons. The van der Waals surface area contributed by atoms with Gasteiger partial charge in [-0.2, -0.15) is 0 Å². The first kappa shape index (κ1) is 10.9. The maximum atomic E-state index is 8.91. The zero-order valence-corrected chi connectivity index (χ0v) is 7.39. The highest BCUT2D eigenvalue weighted by molar-refractivity contribution is 4.61. The van der Waals surface area contributed by atoms with E-state index in [1.807, 2.05) is 0 Å². The largest absolute Gasteiger partial charge is 0.396 e. The molecule has 0 atom stereocenters. The molecule has 1 rings (SSSR count). The van der Waals surface area contributed by atoms with Gasteiger partial charge < -0.3 is 11.3 Å². The highest BCUT2D eigenvalue weighted by atomic mass is 16.3. The molecule has 0 saturated heterocycles. The van der Waals surface area contributed by atoms with E-state index in [1.165, 1.54) is 44.9 Å². The van der Waals surface area contributed by atoms with Crippen LogP contribution in [0.2, 0.25) is 0 Å². The monoisotopic (exact) mass is 159 g/mol. The summed E-state index contributed by atoms with van der Waals surface area (Å²) in [5, 5.41) is 8.91. The third-order valence-electron chi connectivity index (χ3n) is 2.48. The first-order chi connectivity index (χ1) is 4.93. The van der Waals surface area contributed by atoms with Gasteiger partial charge in [0.05, 0.1) is 0 Å². The molecule has 1 aliphatic rings. The minimum absolute atomic E-state index is 0. The lowest BCUT2D eigenvalue weighted by molar-refractivity contribution is 0.199. The summed E-state index contributed by atoms with van der Waals surface area (Å²) in [5.41, 5.74) is 0. The average molecular weight is 159 g/mol. The molecule has 1 fully saturated rings. The molecule has 0 spiro atoms. The number of hydrogen-bond donors (Lipinski definition) is 2. The van der Waals surface area contributed by atoms with Gasteiger partial charge in [-0.3, -0.25) is 0 Å². The first-order valence-electron chi connectivity index (χ1n) is 4.54. The molecule has 1 saturated carbocycles. The molecule has 0 aromatic rings. The van der Waals surface area contributed by atoms with E-state index in [0.717, 1.165) is 0 Å². The molecule has 4 N–H and O–H groups in total. The van der Waals surface area contributed by atoms with E-state index in [2.05, 4.69) is 0 Å². The fourth-order valence-corrected chi connectivity index (χ4v) is 1.72. The van der Waals surface area contributed by atoms with E-state index < -0.39 is 0 Å². The molecule has 2 nitrogen and oxygen atoms in total. The molecule has 2 heteroatoms. The lowest BCUT2D eigenvalue weighted by Gasteiger charge is -2.16. The Bertz CT molecular complexity index is 77.6. The van der Waals surface area contributed by atoms with Gasteiger partial charge in [-0.1, -0.05) is 32.1 Å². The molecule has 0 amide bonds. The van der Waals surface area contributed by atoms with E-state index in [4.69, 9.17) is 5.11 Å². The number of rotatable bonds is 1. The Labute approximate surface area is 69.6 Å². The Balaban J connectivity index is 0.000001000. The van der Waals surface area contributed by atoms with Gasteiger partial charge in [-0.25, -0.2) is 0 Å². The summed E-state index contributed by atoms with van der Waals surface area (Å²) in [6.45, 7) is 0.417. The first-order valence-corrected chi connectivity index (χ1v) is 4.54. The second-order valence-corrected chi connectivity index (χ2v) is 3.39. The van der Waals surface area contributed by atoms with Crippen molar-refractivity contribution in [3.63, 3.8) is 0 Å². The number of hydrogen-bond acceptors (Lipinski definition) is 2. The van der Waals surface area contributed by atoms with Crippen molar-refractivity contribution in [3.8, 4) is 0 Å². The predicted molar refractivity (Wildman–Crippen MR) is 47.9 cm³/mol. The molecular formula is C9H21NO. The van der Waals surface area contributed by atoms with Gasteiger partial charge in [-0.05, 0) is 18.8 Å². The Kier molecular flexibility index (Phi) is 6.57. The van der Waals surface area contributed by atoms with E-state index in [-0.39, 0.29) is 6.15 Å². The van der Waals surface area contributed by atoms with Crippen LogP contribution in [0.5, 0.6) is 0 Å². The van der Waals surface area contributed by atoms with E-state index in [0.29, 0.717) is 12.5 Å². The zero-order valence-electron chi connectivity index (χ0n) is 7.39. The topological polar surface area (TPSA) is 55.2 Å². The van der Waals surface area contributed by atoms with E-state index >= 15 is 0 Å². The van der Waals surface area contributed by atoms with Gasteiger partial charge in [0, 0.05) is 6.61 Å². The third-order valence-corrected chi connectivity index (χ3v) is 2.48. The second-order valence-electron chi connectivity index (χ2n) is 3.39. The van der Waals surface area contributed by atoms with E-state index in [9.17, 15) is 0 Å². The van der Waals surface area contributed by atoms with Crippen molar-refractivity contribution in [1.29, 1.82) is 0 Å². The summed E-state index contributed by atoms with van der Waals surface area (Å²) in [6.07, 6.45) is 9.38. The highest BCUT2D eigenvalue weighted by Crippen LogP contribution is 2.21. The minimum Gasteiger partial charge on any atom is -0.396 e. The third kappa shape index (κ3) is 4.38. The number of aliphatic hydroxyl groups excluding tert-OH is 1. The van der Waals surface area contributed by atoms with Crippen molar-refractivity contribution in [2.45, 2.75) is 44.9 Å². The molecule has 0 heterocycles. The standard InChI is InChI=1S/C9H18O.H3N/c10-8-9-6-4-2-1-3-5-7-9;/h9-10H,1-8H2;1H3. The summed E-state index contributed by atoms with van der Waals surface area (Å²) in [7, 11) is 0. The predicted octanol–water partition coefficient (Wildman–Crippen LogP) is 2.50. The molecule has 0 radical (unpaired) electrons. The summed E-state index contributed by atoms with van der Waals surface area (Å²) in [6, 6.07) is 0. The van der Waals surface area contributed by atoms with Gasteiger partial charge >= 0.3 is 0 Å². The van der Waals surface area contributed by atoms with Crippen LogP contribution in [-0.2, 0) is 0 Å². The molecule has 0 bridgehead atoms. The van der Waals surface area contributed by atoms with Crippen LogP contribution in [0.15, 0.2) is 0 Å². The maximum absolute atomic E-state index is 8.91. The zero-order chi connectivity index (χ0) is 7.23. The lowest BCUT2D eigenvalue weighted by Crippen LogP contribution is -2.07. The number of aliphatic hydroxyl groups is 1. The fourth-order valence-electron chi connectivity index (χ4n) is 1.72. The molecule has 0 aromatic heterocycles. The van der Waals surface area contributed by atoms with Gasteiger partial charge in [-0.15, -0.1) is 0 Å². The Morgan fingerprint density at radius 3 is 1.82 bits per heavy atom. The average Bonchev–Trinajstić information content (AvgIpc) is 1.87. The van der Waals surface area contributed by atoms with Gasteiger partial charge in [0.25, 0.3) is 0 Å². The second kappa shape index (κ2) is 6.62. The van der Waals surface area contributed by atoms with Crippen molar-refractivity contribution in [2.24, 2.45) is 5.92 Å². The Morgan fingerprint density at radius 2 is 1.36 bits per heavy atom.